The van der Waals surface area contributed by atoms with Crippen molar-refractivity contribution in [3.8, 4) is 0 Å². The summed E-state index contributed by atoms with van der Waals surface area (Å²) < 4.78 is 33.9. The summed E-state index contributed by atoms with van der Waals surface area (Å²) in [5.74, 6) is 1.39. The maximum atomic E-state index is 12.6. The molecular formula is C14H22F2O2. The molecule has 104 valence electrons. The van der Waals surface area contributed by atoms with E-state index in [1.165, 1.54) is 38.5 Å². The lowest BCUT2D eigenvalue weighted by Gasteiger charge is -2.26. The second-order valence-electron chi connectivity index (χ2n) is 5.39. The first kappa shape index (κ1) is 13.9. The quantitative estimate of drug-likeness (QED) is 0.708. The summed E-state index contributed by atoms with van der Waals surface area (Å²) in [6.45, 7) is 2.18. The van der Waals surface area contributed by atoms with E-state index in [-0.39, 0.29) is 6.61 Å². The smallest absolute Gasteiger partial charge is 0.293 e. The predicted octanol–water partition coefficient (Wildman–Crippen LogP) is 4.11. The Morgan fingerprint density at radius 1 is 1.17 bits per heavy atom. The van der Waals surface area contributed by atoms with Crippen LogP contribution >= 0.6 is 0 Å². The van der Waals surface area contributed by atoms with Crippen molar-refractivity contribution in [1.29, 1.82) is 0 Å². The van der Waals surface area contributed by atoms with E-state index in [4.69, 9.17) is 0 Å². The summed E-state index contributed by atoms with van der Waals surface area (Å²) in [6, 6.07) is 0. The van der Waals surface area contributed by atoms with Gasteiger partial charge in [-0.05, 0) is 37.5 Å². The molecule has 0 bridgehead atoms. The van der Waals surface area contributed by atoms with Gasteiger partial charge in [-0.2, -0.15) is 0 Å². The van der Waals surface area contributed by atoms with Gasteiger partial charge in [0.2, 0.25) is 0 Å². The molecule has 1 heterocycles. The van der Waals surface area contributed by atoms with Crippen LogP contribution in [0.25, 0.3) is 0 Å². The van der Waals surface area contributed by atoms with Crippen LogP contribution in [-0.4, -0.2) is 19.0 Å². The molecule has 1 atom stereocenters. The molecule has 1 aliphatic heterocycles. The first-order chi connectivity index (χ1) is 8.59. The van der Waals surface area contributed by atoms with Crippen LogP contribution in [0, 0.1) is 11.8 Å². The van der Waals surface area contributed by atoms with Gasteiger partial charge in [0.1, 0.15) is 6.10 Å². The van der Waals surface area contributed by atoms with E-state index in [0.717, 1.165) is 5.92 Å². The highest BCUT2D eigenvalue weighted by Gasteiger charge is 2.41. The zero-order valence-electron chi connectivity index (χ0n) is 10.9. The van der Waals surface area contributed by atoms with Crippen molar-refractivity contribution < 1.29 is 18.3 Å². The van der Waals surface area contributed by atoms with E-state index in [2.05, 4.69) is 16.4 Å². The molecule has 2 fully saturated rings. The molecule has 0 N–H and O–H groups in total. The molecule has 2 aliphatic rings. The molecule has 1 saturated heterocycles. The molecule has 1 unspecified atom stereocenters. The molecule has 1 saturated carbocycles. The Labute approximate surface area is 107 Å². The third kappa shape index (κ3) is 4.02. The van der Waals surface area contributed by atoms with Crippen molar-refractivity contribution >= 4 is 0 Å². The molecule has 0 aromatic rings. The topological polar surface area (TPSA) is 18.5 Å². The second-order valence-corrected chi connectivity index (χ2v) is 5.39. The molecule has 4 heteroatoms. The SMILES string of the molecule is CCCC1CCC(/C=C/C2COC(F)(F)O2)CC1. The Bertz CT molecular complexity index is 284. The van der Waals surface area contributed by atoms with E-state index in [1.807, 2.05) is 6.08 Å². The van der Waals surface area contributed by atoms with Crippen molar-refractivity contribution in [3.05, 3.63) is 12.2 Å². The standard InChI is InChI=1S/C14H22F2O2/c1-2-3-11-4-6-12(7-5-11)8-9-13-10-17-14(15,16)18-13/h8-9,11-13H,2-7,10H2,1H3/b9-8+. The molecule has 2 nitrogen and oxygen atoms in total. The van der Waals surface area contributed by atoms with Crippen LogP contribution < -0.4 is 0 Å². The number of hydrogen-bond donors (Lipinski definition) is 0. The van der Waals surface area contributed by atoms with E-state index >= 15 is 0 Å². The number of halogens is 2. The van der Waals surface area contributed by atoms with Gasteiger partial charge in [0, 0.05) is 0 Å². The Morgan fingerprint density at radius 2 is 1.89 bits per heavy atom. The van der Waals surface area contributed by atoms with E-state index < -0.39 is 12.4 Å². The van der Waals surface area contributed by atoms with Crippen molar-refractivity contribution in [2.45, 2.75) is 57.8 Å². The van der Waals surface area contributed by atoms with Gasteiger partial charge in [0.25, 0.3) is 0 Å². The van der Waals surface area contributed by atoms with Crippen molar-refractivity contribution in [2.75, 3.05) is 6.61 Å². The minimum atomic E-state index is -3.40. The highest BCUT2D eigenvalue weighted by Crippen LogP contribution is 2.33. The molecular weight excluding hydrogens is 238 g/mol. The van der Waals surface area contributed by atoms with Crippen molar-refractivity contribution in [1.82, 2.24) is 0 Å². The molecule has 0 aromatic heterocycles. The zero-order chi connectivity index (χ0) is 13.0. The van der Waals surface area contributed by atoms with Gasteiger partial charge in [-0.1, -0.05) is 31.9 Å². The highest BCUT2D eigenvalue weighted by atomic mass is 19.3. The first-order valence-electron chi connectivity index (χ1n) is 6.97. The fraction of sp³-hybridized carbons (Fsp3) is 0.857. The van der Waals surface area contributed by atoms with Gasteiger partial charge in [-0.3, -0.25) is 9.47 Å². The summed E-state index contributed by atoms with van der Waals surface area (Å²) in [5.41, 5.74) is 0. The fourth-order valence-electron chi connectivity index (χ4n) is 2.88. The van der Waals surface area contributed by atoms with Gasteiger partial charge in [-0.25, -0.2) is 0 Å². The summed E-state index contributed by atoms with van der Waals surface area (Å²) in [7, 11) is 0. The Balaban J connectivity index is 1.71. The zero-order valence-corrected chi connectivity index (χ0v) is 10.9. The molecule has 2 rings (SSSR count). The largest absolute Gasteiger partial charge is 0.486 e. The third-order valence-corrected chi connectivity index (χ3v) is 3.89. The molecule has 0 spiro atoms. The van der Waals surface area contributed by atoms with Crippen molar-refractivity contribution in [3.63, 3.8) is 0 Å². The van der Waals surface area contributed by atoms with E-state index in [9.17, 15) is 8.78 Å². The van der Waals surface area contributed by atoms with Crippen LogP contribution in [0.1, 0.15) is 45.4 Å². The van der Waals surface area contributed by atoms with E-state index in [0.29, 0.717) is 5.92 Å². The van der Waals surface area contributed by atoms with Crippen LogP contribution in [0.2, 0.25) is 0 Å². The molecule has 0 radical (unpaired) electrons. The van der Waals surface area contributed by atoms with Gasteiger partial charge in [0.15, 0.2) is 0 Å². The lowest BCUT2D eigenvalue weighted by atomic mass is 9.80. The summed E-state index contributed by atoms with van der Waals surface area (Å²) in [5, 5.41) is 0. The first-order valence-corrected chi connectivity index (χ1v) is 6.97. The lowest BCUT2D eigenvalue weighted by molar-refractivity contribution is -0.344. The maximum Gasteiger partial charge on any atom is 0.486 e. The van der Waals surface area contributed by atoms with Gasteiger partial charge in [0.05, 0.1) is 6.61 Å². The van der Waals surface area contributed by atoms with Crippen LogP contribution in [-0.2, 0) is 9.47 Å². The van der Waals surface area contributed by atoms with Gasteiger partial charge in [-0.15, -0.1) is 8.78 Å². The predicted molar refractivity (Wildman–Crippen MR) is 65.3 cm³/mol. The van der Waals surface area contributed by atoms with Crippen LogP contribution in [0.15, 0.2) is 12.2 Å². The van der Waals surface area contributed by atoms with Gasteiger partial charge < -0.3 is 0 Å². The molecule has 1 aliphatic carbocycles. The summed E-state index contributed by atoms with van der Waals surface area (Å²) in [4.78, 5) is 0. The molecule has 0 aromatic carbocycles. The van der Waals surface area contributed by atoms with Crippen LogP contribution in [0.3, 0.4) is 0 Å². The molecule has 18 heavy (non-hydrogen) atoms. The number of allylic oxidation sites excluding steroid dienone is 1. The number of alkyl halides is 2. The monoisotopic (exact) mass is 260 g/mol. The van der Waals surface area contributed by atoms with Crippen molar-refractivity contribution in [2.24, 2.45) is 11.8 Å². The van der Waals surface area contributed by atoms with Crippen LogP contribution in [0.5, 0.6) is 0 Å². The van der Waals surface area contributed by atoms with Crippen LogP contribution in [0.4, 0.5) is 8.78 Å². The fourth-order valence-corrected chi connectivity index (χ4v) is 2.88. The maximum absolute atomic E-state index is 12.6. The molecule has 0 amide bonds. The number of hydrogen-bond acceptors (Lipinski definition) is 2. The average Bonchev–Trinajstić information content (AvgIpc) is 2.69. The number of ether oxygens (including phenoxy) is 2. The van der Waals surface area contributed by atoms with Gasteiger partial charge >= 0.3 is 6.29 Å². The summed E-state index contributed by atoms with van der Waals surface area (Å²) >= 11 is 0. The Hall–Kier alpha value is -0.480. The average molecular weight is 260 g/mol. The minimum Gasteiger partial charge on any atom is -0.293 e. The Morgan fingerprint density at radius 3 is 2.44 bits per heavy atom. The normalized spacial score (nSPS) is 36.3. The Kier molecular flexibility index (Phi) is 4.73. The lowest BCUT2D eigenvalue weighted by Crippen LogP contribution is -2.17. The second kappa shape index (κ2) is 6.11. The van der Waals surface area contributed by atoms with E-state index in [1.54, 1.807) is 6.08 Å². The number of rotatable bonds is 4. The summed E-state index contributed by atoms with van der Waals surface area (Å²) in [6.07, 6.45) is 7.25. The minimum absolute atomic E-state index is 0.0469. The third-order valence-electron chi connectivity index (χ3n) is 3.89. The highest BCUT2D eigenvalue weighted by molar-refractivity contribution is 4.97.